The molecule has 29 heavy (non-hydrogen) atoms. The average molecular weight is 401 g/mol. The van der Waals surface area contributed by atoms with Crippen molar-refractivity contribution < 1.29 is 19.4 Å². The Morgan fingerprint density at radius 1 is 1.17 bits per heavy atom. The van der Waals surface area contributed by atoms with E-state index in [0.29, 0.717) is 12.1 Å². The second kappa shape index (κ2) is 8.69. The standard InChI is InChI=1S/C22H28FN3O3/c1-22(24)10-8-17(9-11-22)26(14-16-4-7-19(23)20(28)12-16)21(29)25-13-15-2-5-18(27)6-3-15/h2-7,12,17,27-28H,8-11,13-14,24H2,1H3,(H,25,29). The molecule has 0 spiro atoms. The molecular formula is C22H28FN3O3. The Balaban J connectivity index is 1.72. The van der Waals surface area contributed by atoms with Crippen molar-refractivity contribution in [2.24, 2.45) is 5.73 Å². The maximum atomic E-state index is 13.4. The van der Waals surface area contributed by atoms with Crippen molar-refractivity contribution in [2.45, 2.75) is 57.3 Å². The van der Waals surface area contributed by atoms with Crippen molar-refractivity contribution in [2.75, 3.05) is 0 Å². The van der Waals surface area contributed by atoms with Gasteiger partial charge in [0.15, 0.2) is 11.6 Å². The van der Waals surface area contributed by atoms with Crippen LogP contribution in [0.5, 0.6) is 11.5 Å². The molecule has 7 heteroatoms. The molecule has 1 aliphatic rings. The second-order valence-corrected chi connectivity index (χ2v) is 8.12. The fraction of sp³-hybridized carbons (Fsp3) is 0.409. The van der Waals surface area contributed by atoms with Gasteiger partial charge in [-0.25, -0.2) is 9.18 Å². The van der Waals surface area contributed by atoms with Gasteiger partial charge < -0.3 is 26.2 Å². The Morgan fingerprint density at radius 3 is 2.41 bits per heavy atom. The van der Waals surface area contributed by atoms with E-state index >= 15 is 0 Å². The molecule has 1 aliphatic carbocycles. The Labute approximate surface area is 170 Å². The third-order valence-electron chi connectivity index (χ3n) is 5.54. The van der Waals surface area contributed by atoms with Crippen LogP contribution in [0.1, 0.15) is 43.7 Å². The van der Waals surface area contributed by atoms with Crippen LogP contribution in [0, 0.1) is 5.82 Å². The quantitative estimate of drug-likeness (QED) is 0.615. The molecule has 0 aromatic heterocycles. The normalized spacial score (nSPS) is 21.6. The molecule has 2 aromatic carbocycles. The second-order valence-electron chi connectivity index (χ2n) is 8.12. The van der Waals surface area contributed by atoms with Gasteiger partial charge in [-0.05, 0) is 68.0 Å². The zero-order valence-corrected chi connectivity index (χ0v) is 16.6. The molecule has 0 radical (unpaired) electrons. The van der Waals surface area contributed by atoms with Crippen LogP contribution in [-0.4, -0.2) is 32.7 Å². The molecule has 1 fully saturated rings. The van der Waals surface area contributed by atoms with E-state index in [0.717, 1.165) is 31.2 Å². The summed E-state index contributed by atoms with van der Waals surface area (Å²) in [7, 11) is 0. The van der Waals surface area contributed by atoms with Gasteiger partial charge in [0.05, 0.1) is 0 Å². The van der Waals surface area contributed by atoms with Crippen LogP contribution in [0.4, 0.5) is 9.18 Å². The highest BCUT2D eigenvalue weighted by Gasteiger charge is 2.32. The van der Waals surface area contributed by atoms with Gasteiger partial charge in [0.25, 0.3) is 0 Å². The number of phenolic OH excluding ortho intramolecular Hbond substituents is 2. The number of carbonyl (C=O) groups is 1. The molecule has 0 bridgehead atoms. The van der Waals surface area contributed by atoms with Crippen LogP contribution in [0.15, 0.2) is 42.5 Å². The minimum atomic E-state index is -0.686. The first-order valence-electron chi connectivity index (χ1n) is 9.82. The smallest absolute Gasteiger partial charge is 0.318 e. The Bertz CT molecular complexity index is 845. The van der Waals surface area contributed by atoms with Crippen LogP contribution in [0.2, 0.25) is 0 Å². The number of nitrogens with two attached hydrogens (primary N) is 1. The summed E-state index contributed by atoms with van der Waals surface area (Å²) in [4.78, 5) is 14.7. The van der Waals surface area contributed by atoms with Gasteiger partial charge in [0, 0.05) is 24.7 Å². The van der Waals surface area contributed by atoms with E-state index in [-0.39, 0.29) is 29.9 Å². The summed E-state index contributed by atoms with van der Waals surface area (Å²) in [5, 5.41) is 22.0. The van der Waals surface area contributed by atoms with Crippen molar-refractivity contribution in [3.05, 3.63) is 59.4 Å². The summed E-state index contributed by atoms with van der Waals surface area (Å²) in [5.41, 5.74) is 7.54. The zero-order chi connectivity index (χ0) is 21.0. The van der Waals surface area contributed by atoms with Crippen LogP contribution in [0.25, 0.3) is 0 Å². The first kappa shape index (κ1) is 20.9. The highest BCUT2D eigenvalue weighted by molar-refractivity contribution is 5.74. The molecule has 0 atom stereocenters. The molecule has 0 heterocycles. The van der Waals surface area contributed by atoms with Gasteiger partial charge in [0.2, 0.25) is 0 Å². The lowest BCUT2D eigenvalue weighted by molar-refractivity contribution is 0.133. The zero-order valence-electron chi connectivity index (χ0n) is 16.6. The number of aromatic hydroxyl groups is 2. The van der Waals surface area contributed by atoms with E-state index in [1.165, 1.54) is 12.1 Å². The fourth-order valence-corrected chi connectivity index (χ4v) is 3.69. The van der Waals surface area contributed by atoms with E-state index in [1.807, 2.05) is 6.92 Å². The van der Waals surface area contributed by atoms with Gasteiger partial charge in [-0.2, -0.15) is 0 Å². The number of benzene rings is 2. The molecule has 0 saturated heterocycles. The van der Waals surface area contributed by atoms with Crippen molar-refractivity contribution in [3.63, 3.8) is 0 Å². The molecular weight excluding hydrogens is 373 g/mol. The number of hydrogen-bond donors (Lipinski definition) is 4. The lowest BCUT2D eigenvalue weighted by Crippen LogP contribution is -2.50. The highest BCUT2D eigenvalue weighted by atomic mass is 19.1. The third kappa shape index (κ3) is 5.60. The number of nitrogens with one attached hydrogen (secondary N) is 1. The maximum Gasteiger partial charge on any atom is 0.318 e. The summed E-state index contributed by atoms with van der Waals surface area (Å²) in [6, 6.07) is 10.6. The number of halogens is 1. The van der Waals surface area contributed by atoms with Crippen LogP contribution in [0.3, 0.4) is 0 Å². The average Bonchev–Trinajstić information content (AvgIpc) is 2.68. The molecule has 2 aromatic rings. The number of carbonyl (C=O) groups excluding carboxylic acids is 1. The fourth-order valence-electron chi connectivity index (χ4n) is 3.69. The number of amides is 2. The van der Waals surface area contributed by atoms with Crippen molar-refractivity contribution >= 4 is 6.03 Å². The Morgan fingerprint density at radius 2 is 1.79 bits per heavy atom. The number of nitrogens with zero attached hydrogens (tertiary/aromatic N) is 1. The van der Waals surface area contributed by atoms with Crippen molar-refractivity contribution in [1.82, 2.24) is 10.2 Å². The van der Waals surface area contributed by atoms with Gasteiger partial charge in [-0.3, -0.25) is 0 Å². The van der Waals surface area contributed by atoms with Gasteiger partial charge in [-0.15, -0.1) is 0 Å². The third-order valence-corrected chi connectivity index (χ3v) is 5.54. The number of phenols is 2. The molecule has 1 saturated carbocycles. The van der Waals surface area contributed by atoms with Crippen LogP contribution < -0.4 is 11.1 Å². The molecule has 3 rings (SSSR count). The lowest BCUT2D eigenvalue weighted by Gasteiger charge is -2.40. The SMILES string of the molecule is CC1(N)CCC(N(Cc2ccc(F)c(O)c2)C(=O)NCc2ccc(O)cc2)CC1. The highest BCUT2D eigenvalue weighted by Crippen LogP contribution is 2.30. The minimum absolute atomic E-state index is 0.0126. The first-order chi connectivity index (χ1) is 13.7. The first-order valence-corrected chi connectivity index (χ1v) is 9.82. The number of hydrogen-bond acceptors (Lipinski definition) is 4. The summed E-state index contributed by atoms with van der Waals surface area (Å²) in [5.74, 6) is -0.941. The minimum Gasteiger partial charge on any atom is -0.508 e. The van der Waals surface area contributed by atoms with E-state index in [9.17, 15) is 19.4 Å². The molecule has 2 amide bonds. The van der Waals surface area contributed by atoms with Crippen LogP contribution in [-0.2, 0) is 13.1 Å². The van der Waals surface area contributed by atoms with E-state index < -0.39 is 11.6 Å². The predicted molar refractivity (Wildman–Crippen MR) is 109 cm³/mol. The maximum absolute atomic E-state index is 13.4. The topological polar surface area (TPSA) is 98.8 Å². The molecule has 5 N–H and O–H groups in total. The van der Waals surface area contributed by atoms with Gasteiger partial charge in [0.1, 0.15) is 5.75 Å². The monoisotopic (exact) mass is 401 g/mol. The summed E-state index contributed by atoms with van der Waals surface area (Å²) < 4.78 is 13.4. The summed E-state index contributed by atoms with van der Waals surface area (Å²) >= 11 is 0. The molecule has 0 unspecified atom stereocenters. The molecule has 0 aliphatic heterocycles. The van der Waals surface area contributed by atoms with Crippen molar-refractivity contribution in [3.8, 4) is 11.5 Å². The number of urea groups is 1. The van der Waals surface area contributed by atoms with Crippen molar-refractivity contribution in [1.29, 1.82) is 0 Å². The molecule has 156 valence electrons. The van der Waals surface area contributed by atoms with Gasteiger partial charge >= 0.3 is 6.03 Å². The van der Waals surface area contributed by atoms with E-state index in [1.54, 1.807) is 35.2 Å². The molecule has 6 nitrogen and oxygen atoms in total. The van der Waals surface area contributed by atoms with E-state index in [2.05, 4.69) is 5.32 Å². The predicted octanol–water partition coefficient (Wildman–Crippen LogP) is 3.61. The Hall–Kier alpha value is -2.80. The lowest BCUT2D eigenvalue weighted by atomic mass is 9.81. The van der Waals surface area contributed by atoms with Gasteiger partial charge in [-0.1, -0.05) is 18.2 Å². The largest absolute Gasteiger partial charge is 0.508 e. The summed E-state index contributed by atoms with van der Waals surface area (Å²) in [6.07, 6.45) is 3.20. The van der Waals surface area contributed by atoms with Crippen LogP contribution >= 0.6 is 0 Å². The van der Waals surface area contributed by atoms with E-state index in [4.69, 9.17) is 5.73 Å². The Kier molecular flexibility index (Phi) is 6.27. The summed E-state index contributed by atoms with van der Waals surface area (Å²) in [6.45, 7) is 2.61. The number of rotatable bonds is 5.